The van der Waals surface area contributed by atoms with Crippen LogP contribution < -0.4 is 0 Å². The highest BCUT2D eigenvalue weighted by molar-refractivity contribution is 9.10. The number of hydrogen-bond donors (Lipinski definition) is 1. The van der Waals surface area contributed by atoms with E-state index in [1.807, 2.05) is 0 Å². The molecular weight excluding hydrogens is 373 g/mol. The molecule has 2 nitrogen and oxygen atoms in total. The smallest absolute Gasteiger partial charge is 0.333 e. The lowest BCUT2D eigenvalue weighted by Crippen LogP contribution is -2.09. The molecular formula is C11H4BrF7N2. The van der Waals surface area contributed by atoms with Crippen LogP contribution in [0.2, 0.25) is 0 Å². The highest BCUT2D eigenvalue weighted by atomic mass is 79.9. The average molecular weight is 377 g/mol. The minimum atomic E-state index is -4.94. The second kappa shape index (κ2) is 5.00. The van der Waals surface area contributed by atoms with E-state index >= 15 is 0 Å². The average Bonchev–Trinajstić information content (AvgIpc) is 2.69. The van der Waals surface area contributed by atoms with Gasteiger partial charge in [-0.3, -0.25) is 0 Å². The van der Waals surface area contributed by atoms with Crippen LogP contribution in [0.15, 0.2) is 22.8 Å². The molecule has 0 bridgehead atoms. The summed E-state index contributed by atoms with van der Waals surface area (Å²) in [5.41, 5.74) is -3.88. The summed E-state index contributed by atoms with van der Waals surface area (Å²) in [4.78, 5) is 4.95. The van der Waals surface area contributed by atoms with Crippen molar-refractivity contribution in [1.29, 1.82) is 0 Å². The van der Waals surface area contributed by atoms with E-state index < -0.39 is 45.4 Å². The lowest BCUT2D eigenvalue weighted by atomic mass is 10.1. The van der Waals surface area contributed by atoms with Gasteiger partial charge in [-0.1, -0.05) is 6.07 Å². The third-order valence-corrected chi connectivity index (χ3v) is 3.07. The number of imidazole rings is 1. The SMILES string of the molecule is Fc1cccc(C(F)(F)F)c1-c1nc(Br)c(C(F)(F)F)[nH]1. The first kappa shape index (κ1) is 15.8. The summed E-state index contributed by atoms with van der Waals surface area (Å²) in [6.45, 7) is 0. The van der Waals surface area contributed by atoms with E-state index in [4.69, 9.17) is 0 Å². The Bertz CT molecular complexity index is 672. The van der Waals surface area contributed by atoms with Gasteiger partial charge >= 0.3 is 12.4 Å². The fourth-order valence-corrected chi connectivity index (χ4v) is 2.16. The number of rotatable bonds is 1. The van der Waals surface area contributed by atoms with Gasteiger partial charge in [0, 0.05) is 0 Å². The molecule has 1 N–H and O–H groups in total. The number of aromatic nitrogens is 2. The van der Waals surface area contributed by atoms with E-state index in [0.29, 0.717) is 12.1 Å². The lowest BCUT2D eigenvalue weighted by molar-refractivity contribution is -0.141. The van der Waals surface area contributed by atoms with E-state index in [-0.39, 0.29) is 0 Å². The Morgan fingerprint density at radius 3 is 2.10 bits per heavy atom. The second-order valence-corrected chi connectivity index (χ2v) is 4.66. The fourth-order valence-electron chi connectivity index (χ4n) is 1.66. The summed E-state index contributed by atoms with van der Waals surface area (Å²) in [5.74, 6) is -2.19. The molecule has 0 spiro atoms. The molecule has 0 saturated heterocycles. The molecule has 0 amide bonds. The van der Waals surface area contributed by atoms with Crippen LogP contribution in [0, 0.1) is 5.82 Å². The molecule has 2 rings (SSSR count). The zero-order valence-corrected chi connectivity index (χ0v) is 11.3. The third-order valence-electron chi connectivity index (χ3n) is 2.50. The molecule has 0 aliphatic carbocycles. The van der Waals surface area contributed by atoms with Gasteiger partial charge in [-0.25, -0.2) is 9.37 Å². The molecule has 2 aromatic rings. The van der Waals surface area contributed by atoms with E-state index in [1.54, 1.807) is 4.98 Å². The van der Waals surface area contributed by atoms with E-state index in [2.05, 4.69) is 20.9 Å². The van der Waals surface area contributed by atoms with Crippen LogP contribution >= 0.6 is 15.9 Å². The topological polar surface area (TPSA) is 28.7 Å². The quantitative estimate of drug-likeness (QED) is 0.695. The number of hydrogen-bond acceptors (Lipinski definition) is 1. The van der Waals surface area contributed by atoms with Crippen LogP contribution in [-0.4, -0.2) is 9.97 Å². The Morgan fingerprint density at radius 1 is 1.00 bits per heavy atom. The van der Waals surface area contributed by atoms with Gasteiger partial charge in [0.25, 0.3) is 0 Å². The molecule has 0 radical (unpaired) electrons. The van der Waals surface area contributed by atoms with Crippen molar-refractivity contribution in [2.75, 3.05) is 0 Å². The molecule has 0 unspecified atom stereocenters. The summed E-state index contributed by atoms with van der Waals surface area (Å²) >= 11 is 2.48. The molecule has 0 fully saturated rings. The van der Waals surface area contributed by atoms with Crippen LogP contribution in [0.5, 0.6) is 0 Å². The van der Waals surface area contributed by atoms with Crippen LogP contribution in [0.25, 0.3) is 11.4 Å². The number of alkyl halides is 6. The van der Waals surface area contributed by atoms with Crippen LogP contribution in [-0.2, 0) is 12.4 Å². The normalized spacial score (nSPS) is 12.8. The Balaban J connectivity index is 2.69. The number of aromatic amines is 1. The molecule has 1 aromatic carbocycles. The molecule has 0 atom stereocenters. The number of nitrogens with zero attached hydrogens (tertiary/aromatic N) is 1. The van der Waals surface area contributed by atoms with Gasteiger partial charge < -0.3 is 4.98 Å². The summed E-state index contributed by atoms with van der Waals surface area (Å²) in [6, 6.07) is 2.07. The Morgan fingerprint density at radius 2 is 1.62 bits per heavy atom. The summed E-state index contributed by atoms with van der Waals surface area (Å²) in [6.07, 6.45) is -9.80. The van der Waals surface area contributed by atoms with E-state index in [0.717, 1.165) is 6.07 Å². The van der Waals surface area contributed by atoms with Crippen molar-refractivity contribution in [3.8, 4) is 11.4 Å². The van der Waals surface area contributed by atoms with E-state index in [9.17, 15) is 30.7 Å². The molecule has 1 aromatic heterocycles. The van der Waals surface area contributed by atoms with Gasteiger partial charge in [-0.15, -0.1) is 0 Å². The molecule has 10 heteroatoms. The van der Waals surface area contributed by atoms with Crippen molar-refractivity contribution in [2.24, 2.45) is 0 Å². The van der Waals surface area contributed by atoms with Crippen molar-refractivity contribution < 1.29 is 30.7 Å². The largest absolute Gasteiger partial charge is 0.433 e. The highest BCUT2D eigenvalue weighted by Crippen LogP contribution is 2.40. The van der Waals surface area contributed by atoms with Crippen molar-refractivity contribution in [3.63, 3.8) is 0 Å². The van der Waals surface area contributed by atoms with Gasteiger partial charge in [-0.05, 0) is 28.1 Å². The summed E-state index contributed by atoms with van der Waals surface area (Å²) in [5, 5.41) is 0. The first-order chi connectivity index (χ1) is 9.51. The first-order valence-corrected chi connectivity index (χ1v) is 6.00. The second-order valence-electron chi connectivity index (χ2n) is 3.91. The van der Waals surface area contributed by atoms with Crippen LogP contribution in [0.3, 0.4) is 0 Å². The minimum absolute atomic E-state index is 0.558. The molecule has 0 aliphatic heterocycles. The number of benzene rings is 1. The standard InChI is InChI=1S/C11H4BrF7N2/c12-8-7(11(17,18)19)20-9(21-8)6-4(10(14,15)16)2-1-3-5(6)13/h1-3H,(H,20,21). The maximum absolute atomic E-state index is 13.6. The first-order valence-electron chi connectivity index (χ1n) is 5.20. The van der Waals surface area contributed by atoms with Crippen LogP contribution in [0.4, 0.5) is 30.7 Å². The summed E-state index contributed by atoms with van der Waals surface area (Å²) in [7, 11) is 0. The fraction of sp³-hybridized carbons (Fsp3) is 0.182. The predicted molar refractivity (Wildman–Crippen MR) is 61.7 cm³/mol. The van der Waals surface area contributed by atoms with Gasteiger partial charge in [-0.2, -0.15) is 26.3 Å². The van der Waals surface area contributed by atoms with Gasteiger partial charge in [0.1, 0.15) is 16.2 Å². The molecule has 0 saturated carbocycles. The van der Waals surface area contributed by atoms with Crippen molar-refractivity contribution in [1.82, 2.24) is 9.97 Å². The third kappa shape index (κ3) is 3.04. The number of nitrogens with one attached hydrogen (secondary N) is 1. The number of H-pyrrole nitrogens is 1. The lowest BCUT2D eigenvalue weighted by Gasteiger charge is -2.11. The number of halogens is 8. The van der Waals surface area contributed by atoms with Crippen molar-refractivity contribution in [2.45, 2.75) is 12.4 Å². The zero-order chi connectivity index (χ0) is 16.0. The van der Waals surface area contributed by atoms with Gasteiger partial charge in [0.2, 0.25) is 0 Å². The maximum atomic E-state index is 13.6. The van der Waals surface area contributed by atoms with Gasteiger partial charge in [0.15, 0.2) is 5.69 Å². The van der Waals surface area contributed by atoms with Crippen LogP contribution in [0.1, 0.15) is 11.3 Å². The maximum Gasteiger partial charge on any atom is 0.433 e. The monoisotopic (exact) mass is 376 g/mol. The Kier molecular flexibility index (Phi) is 3.77. The highest BCUT2D eigenvalue weighted by Gasteiger charge is 2.39. The Hall–Kier alpha value is -1.58. The van der Waals surface area contributed by atoms with Crippen molar-refractivity contribution in [3.05, 3.63) is 39.9 Å². The van der Waals surface area contributed by atoms with Gasteiger partial charge in [0.05, 0.1) is 11.1 Å². The summed E-state index contributed by atoms with van der Waals surface area (Å²) < 4.78 is 89.1. The molecule has 114 valence electrons. The Labute approximate surface area is 121 Å². The molecule has 1 heterocycles. The van der Waals surface area contributed by atoms with Crippen molar-refractivity contribution >= 4 is 15.9 Å². The minimum Gasteiger partial charge on any atom is -0.333 e. The zero-order valence-electron chi connectivity index (χ0n) is 9.70. The molecule has 0 aliphatic rings. The predicted octanol–water partition coefficient (Wildman–Crippen LogP) is 5.02. The molecule has 21 heavy (non-hydrogen) atoms. The van der Waals surface area contributed by atoms with E-state index in [1.165, 1.54) is 0 Å².